The van der Waals surface area contributed by atoms with Crippen LogP contribution < -0.4 is 5.32 Å². The number of benzene rings is 1. The van der Waals surface area contributed by atoms with Gasteiger partial charge in [-0.1, -0.05) is 26.0 Å². The molecule has 3 heteroatoms. The van der Waals surface area contributed by atoms with E-state index in [1.54, 1.807) is 0 Å². The van der Waals surface area contributed by atoms with Gasteiger partial charge in [0.15, 0.2) is 0 Å². The first kappa shape index (κ1) is 12.1. The second-order valence-corrected chi connectivity index (χ2v) is 6.49. The SMILES string of the molecule is CC(C)c1nc2c(C3CCNCC3)cccc2s1. The molecule has 0 amide bonds. The molecule has 1 aliphatic heterocycles. The van der Waals surface area contributed by atoms with Crippen molar-refractivity contribution >= 4 is 21.6 Å². The summed E-state index contributed by atoms with van der Waals surface area (Å²) < 4.78 is 1.36. The Bertz CT molecular complexity index is 538. The van der Waals surface area contributed by atoms with Gasteiger partial charge >= 0.3 is 0 Å². The maximum atomic E-state index is 4.89. The summed E-state index contributed by atoms with van der Waals surface area (Å²) in [6.45, 7) is 6.73. The Labute approximate surface area is 112 Å². The number of piperidine rings is 1. The standard InChI is InChI=1S/C15H20N2S/c1-10(2)15-17-14-12(4-3-5-13(14)18-15)11-6-8-16-9-7-11/h3-5,10-11,16H,6-9H2,1-2H3. The molecule has 1 fully saturated rings. The summed E-state index contributed by atoms with van der Waals surface area (Å²) >= 11 is 1.86. The van der Waals surface area contributed by atoms with Crippen LogP contribution in [0, 0.1) is 0 Å². The number of nitrogens with zero attached hydrogens (tertiary/aromatic N) is 1. The van der Waals surface area contributed by atoms with Crippen LogP contribution in [0.4, 0.5) is 0 Å². The Hall–Kier alpha value is -0.930. The monoisotopic (exact) mass is 260 g/mol. The molecule has 0 radical (unpaired) electrons. The van der Waals surface area contributed by atoms with Crippen LogP contribution in [0.3, 0.4) is 0 Å². The van der Waals surface area contributed by atoms with Gasteiger partial charge in [-0.05, 0) is 43.5 Å². The zero-order valence-electron chi connectivity index (χ0n) is 11.1. The molecule has 0 atom stereocenters. The molecule has 1 aliphatic rings. The topological polar surface area (TPSA) is 24.9 Å². The lowest BCUT2D eigenvalue weighted by molar-refractivity contribution is 0.462. The number of hydrogen-bond acceptors (Lipinski definition) is 3. The van der Waals surface area contributed by atoms with Gasteiger partial charge in [0.1, 0.15) is 0 Å². The van der Waals surface area contributed by atoms with Crippen LogP contribution in [-0.2, 0) is 0 Å². The lowest BCUT2D eigenvalue weighted by Gasteiger charge is -2.23. The fourth-order valence-corrected chi connectivity index (χ4v) is 3.70. The minimum atomic E-state index is 0.531. The quantitative estimate of drug-likeness (QED) is 0.886. The maximum absolute atomic E-state index is 4.89. The average Bonchev–Trinajstić information content (AvgIpc) is 2.83. The van der Waals surface area contributed by atoms with Gasteiger partial charge in [-0.3, -0.25) is 0 Å². The van der Waals surface area contributed by atoms with Crippen LogP contribution in [0.1, 0.15) is 49.1 Å². The Morgan fingerprint density at radius 1 is 1.28 bits per heavy atom. The average molecular weight is 260 g/mol. The van der Waals surface area contributed by atoms with Crippen molar-refractivity contribution in [2.24, 2.45) is 0 Å². The van der Waals surface area contributed by atoms with E-state index in [2.05, 4.69) is 37.4 Å². The molecule has 2 aromatic rings. The van der Waals surface area contributed by atoms with Crippen LogP contribution >= 0.6 is 11.3 Å². The van der Waals surface area contributed by atoms with Crippen molar-refractivity contribution in [1.82, 2.24) is 10.3 Å². The van der Waals surface area contributed by atoms with Gasteiger partial charge in [-0.2, -0.15) is 0 Å². The summed E-state index contributed by atoms with van der Waals surface area (Å²) in [4.78, 5) is 4.89. The molecule has 1 N–H and O–H groups in total. The molecule has 2 nitrogen and oxygen atoms in total. The third-order valence-electron chi connectivity index (χ3n) is 3.74. The van der Waals surface area contributed by atoms with Crippen molar-refractivity contribution in [1.29, 1.82) is 0 Å². The van der Waals surface area contributed by atoms with E-state index in [4.69, 9.17) is 4.98 Å². The van der Waals surface area contributed by atoms with E-state index in [1.165, 1.54) is 33.6 Å². The molecule has 1 aromatic heterocycles. The molecular formula is C15H20N2S. The largest absolute Gasteiger partial charge is 0.317 e. The number of aromatic nitrogens is 1. The van der Waals surface area contributed by atoms with Crippen LogP contribution in [-0.4, -0.2) is 18.1 Å². The molecule has 2 heterocycles. The number of rotatable bonds is 2. The molecule has 0 aliphatic carbocycles. The normalized spacial score (nSPS) is 17.7. The van der Waals surface area contributed by atoms with Crippen molar-refractivity contribution in [3.05, 3.63) is 28.8 Å². The highest BCUT2D eigenvalue weighted by atomic mass is 32.1. The highest BCUT2D eigenvalue weighted by Crippen LogP contribution is 2.35. The zero-order chi connectivity index (χ0) is 12.5. The maximum Gasteiger partial charge on any atom is 0.0964 e. The van der Waals surface area contributed by atoms with Gasteiger partial charge in [-0.25, -0.2) is 4.98 Å². The van der Waals surface area contributed by atoms with E-state index in [-0.39, 0.29) is 0 Å². The van der Waals surface area contributed by atoms with E-state index < -0.39 is 0 Å². The summed E-state index contributed by atoms with van der Waals surface area (Å²) in [6.07, 6.45) is 2.49. The Balaban J connectivity index is 2.05. The summed E-state index contributed by atoms with van der Waals surface area (Å²) in [5, 5.41) is 4.71. The van der Waals surface area contributed by atoms with Crippen LogP contribution in [0.5, 0.6) is 0 Å². The lowest BCUT2D eigenvalue weighted by Crippen LogP contribution is -2.26. The van der Waals surface area contributed by atoms with Gasteiger partial charge in [0, 0.05) is 5.92 Å². The molecule has 1 aromatic carbocycles. The zero-order valence-corrected chi connectivity index (χ0v) is 11.9. The molecular weight excluding hydrogens is 240 g/mol. The van der Waals surface area contributed by atoms with E-state index in [9.17, 15) is 0 Å². The van der Waals surface area contributed by atoms with Crippen molar-refractivity contribution in [2.75, 3.05) is 13.1 Å². The number of para-hydroxylation sites is 1. The summed E-state index contributed by atoms with van der Waals surface area (Å²) in [6, 6.07) is 6.69. The Morgan fingerprint density at radius 3 is 2.78 bits per heavy atom. The van der Waals surface area contributed by atoms with Gasteiger partial charge in [0.25, 0.3) is 0 Å². The molecule has 0 spiro atoms. The molecule has 0 unspecified atom stereocenters. The summed E-state index contributed by atoms with van der Waals surface area (Å²) in [5.41, 5.74) is 2.73. The fraction of sp³-hybridized carbons (Fsp3) is 0.533. The summed E-state index contributed by atoms with van der Waals surface area (Å²) in [7, 11) is 0. The van der Waals surface area contributed by atoms with E-state index in [1.807, 2.05) is 11.3 Å². The molecule has 18 heavy (non-hydrogen) atoms. The van der Waals surface area contributed by atoms with Gasteiger partial charge in [0.2, 0.25) is 0 Å². The highest BCUT2D eigenvalue weighted by Gasteiger charge is 2.19. The van der Waals surface area contributed by atoms with E-state index in [0.29, 0.717) is 11.8 Å². The van der Waals surface area contributed by atoms with Crippen molar-refractivity contribution < 1.29 is 0 Å². The van der Waals surface area contributed by atoms with Gasteiger partial charge in [0.05, 0.1) is 15.2 Å². The van der Waals surface area contributed by atoms with Gasteiger partial charge in [-0.15, -0.1) is 11.3 Å². The third kappa shape index (κ3) is 2.17. The van der Waals surface area contributed by atoms with Gasteiger partial charge < -0.3 is 5.32 Å². The van der Waals surface area contributed by atoms with E-state index >= 15 is 0 Å². The van der Waals surface area contributed by atoms with E-state index in [0.717, 1.165) is 13.1 Å². The fourth-order valence-electron chi connectivity index (χ4n) is 2.70. The Morgan fingerprint density at radius 2 is 2.06 bits per heavy atom. The first-order valence-electron chi connectivity index (χ1n) is 6.86. The third-order valence-corrected chi connectivity index (χ3v) is 5.06. The second-order valence-electron chi connectivity index (χ2n) is 5.43. The van der Waals surface area contributed by atoms with Crippen molar-refractivity contribution in [3.8, 4) is 0 Å². The minimum Gasteiger partial charge on any atom is -0.317 e. The Kier molecular flexibility index (Phi) is 3.35. The minimum absolute atomic E-state index is 0.531. The first-order valence-corrected chi connectivity index (χ1v) is 7.67. The smallest absolute Gasteiger partial charge is 0.0964 e. The predicted octanol–water partition coefficient (Wildman–Crippen LogP) is 3.89. The van der Waals surface area contributed by atoms with Crippen LogP contribution in [0.2, 0.25) is 0 Å². The first-order chi connectivity index (χ1) is 8.75. The summed E-state index contributed by atoms with van der Waals surface area (Å²) in [5.74, 6) is 1.22. The number of thiazole rings is 1. The molecule has 0 bridgehead atoms. The van der Waals surface area contributed by atoms with Crippen LogP contribution in [0.25, 0.3) is 10.2 Å². The second kappa shape index (κ2) is 4.98. The number of fused-ring (bicyclic) bond motifs is 1. The molecule has 1 saturated heterocycles. The number of nitrogens with one attached hydrogen (secondary N) is 1. The highest BCUT2D eigenvalue weighted by molar-refractivity contribution is 7.18. The lowest BCUT2D eigenvalue weighted by atomic mass is 9.89. The molecule has 3 rings (SSSR count). The number of hydrogen-bond donors (Lipinski definition) is 1. The molecule has 0 saturated carbocycles. The molecule has 96 valence electrons. The predicted molar refractivity (Wildman–Crippen MR) is 78.6 cm³/mol. The van der Waals surface area contributed by atoms with Crippen LogP contribution in [0.15, 0.2) is 18.2 Å². The van der Waals surface area contributed by atoms with Crippen molar-refractivity contribution in [2.45, 2.75) is 38.5 Å². The van der Waals surface area contributed by atoms with Crippen molar-refractivity contribution in [3.63, 3.8) is 0 Å².